The van der Waals surface area contributed by atoms with Crippen LogP contribution in [0.1, 0.15) is 27.2 Å². The highest BCUT2D eigenvalue weighted by atomic mass is 32.1. The largest absolute Gasteiger partial charge is 0.444 e. The minimum atomic E-state index is -0.434. The Morgan fingerprint density at radius 2 is 1.89 bits per heavy atom. The molecule has 0 aliphatic carbocycles. The first-order valence-corrected chi connectivity index (χ1v) is 10.7. The van der Waals surface area contributed by atoms with Gasteiger partial charge in [-0.15, -0.1) is 11.3 Å². The summed E-state index contributed by atoms with van der Waals surface area (Å²) in [6.07, 6.45) is 0.846. The lowest BCUT2D eigenvalue weighted by molar-refractivity contribution is 0.0145. The molecule has 0 bridgehead atoms. The first kappa shape index (κ1) is 20.6. The maximum absolute atomic E-state index is 12.1. The number of hydrogen-bond donors (Lipinski definition) is 1. The van der Waals surface area contributed by atoms with Crippen molar-refractivity contribution in [3.8, 4) is 11.3 Å². The summed E-state index contributed by atoms with van der Waals surface area (Å²) in [6.45, 7) is 10.9. The van der Waals surface area contributed by atoms with Crippen LogP contribution in [0.3, 0.4) is 0 Å². The molecule has 1 amide bonds. The summed E-state index contributed by atoms with van der Waals surface area (Å²) < 4.78 is 5.45. The van der Waals surface area contributed by atoms with Gasteiger partial charge in [0.15, 0.2) is 5.13 Å². The number of hydrogen-bond acceptors (Lipinski definition) is 6. The van der Waals surface area contributed by atoms with E-state index in [4.69, 9.17) is 4.74 Å². The summed E-state index contributed by atoms with van der Waals surface area (Å²) in [7, 11) is 0. The Kier molecular flexibility index (Phi) is 6.91. The molecule has 1 aliphatic rings. The van der Waals surface area contributed by atoms with E-state index >= 15 is 0 Å². The molecular weight excluding hydrogens is 372 g/mol. The van der Waals surface area contributed by atoms with Gasteiger partial charge >= 0.3 is 6.09 Å². The highest BCUT2D eigenvalue weighted by Gasteiger charge is 2.25. The SMILES string of the molecule is CC(C)(C)OC(=O)N1CCN(CCCNc2nc(-c3ccccc3)cs2)CC1. The lowest BCUT2D eigenvalue weighted by Gasteiger charge is -2.35. The molecule has 1 saturated heterocycles. The molecule has 1 fully saturated rings. The number of carbonyl (C=O) groups is 1. The summed E-state index contributed by atoms with van der Waals surface area (Å²) in [6, 6.07) is 10.2. The van der Waals surface area contributed by atoms with Gasteiger partial charge in [0.25, 0.3) is 0 Å². The molecule has 0 radical (unpaired) electrons. The molecule has 1 aromatic carbocycles. The average Bonchev–Trinajstić information content (AvgIpc) is 3.14. The molecule has 2 heterocycles. The van der Waals surface area contributed by atoms with Gasteiger partial charge in [0, 0.05) is 43.7 Å². The molecule has 1 N–H and O–H groups in total. The Balaban J connectivity index is 1.34. The molecule has 2 aromatic rings. The number of thiazole rings is 1. The third kappa shape index (κ3) is 6.21. The number of anilines is 1. The standard InChI is InChI=1S/C21H30N4O2S/c1-21(2,3)27-20(26)25-14-12-24(13-15-25)11-7-10-22-19-23-18(16-28-19)17-8-5-4-6-9-17/h4-6,8-9,16H,7,10-15H2,1-3H3,(H,22,23). The maximum atomic E-state index is 12.1. The first-order chi connectivity index (χ1) is 13.4. The Labute approximate surface area is 171 Å². The molecule has 3 rings (SSSR count). The molecule has 1 aromatic heterocycles. The van der Waals surface area contributed by atoms with Crippen LogP contribution in [0.2, 0.25) is 0 Å². The van der Waals surface area contributed by atoms with Crippen molar-refractivity contribution in [1.82, 2.24) is 14.8 Å². The number of ether oxygens (including phenoxy) is 1. The molecule has 0 spiro atoms. The summed E-state index contributed by atoms with van der Waals surface area (Å²) in [4.78, 5) is 21.0. The average molecular weight is 403 g/mol. The molecule has 0 atom stereocenters. The number of aromatic nitrogens is 1. The quantitative estimate of drug-likeness (QED) is 0.735. The van der Waals surface area contributed by atoms with Crippen LogP contribution in [0.25, 0.3) is 11.3 Å². The van der Waals surface area contributed by atoms with Gasteiger partial charge < -0.3 is 15.0 Å². The molecule has 0 saturated carbocycles. The highest BCUT2D eigenvalue weighted by molar-refractivity contribution is 7.14. The number of nitrogens with zero attached hydrogens (tertiary/aromatic N) is 3. The zero-order valence-electron chi connectivity index (χ0n) is 17.0. The van der Waals surface area contributed by atoms with Crippen molar-refractivity contribution in [3.05, 3.63) is 35.7 Å². The fourth-order valence-electron chi connectivity index (χ4n) is 3.07. The zero-order valence-corrected chi connectivity index (χ0v) is 17.8. The van der Waals surface area contributed by atoms with Crippen molar-refractivity contribution < 1.29 is 9.53 Å². The monoisotopic (exact) mass is 402 g/mol. The second kappa shape index (κ2) is 9.39. The fraction of sp³-hybridized carbons (Fsp3) is 0.524. The van der Waals surface area contributed by atoms with Gasteiger partial charge in [-0.2, -0.15) is 0 Å². The van der Waals surface area contributed by atoms with Gasteiger partial charge in [-0.1, -0.05) is 30.3 Å². The van der Waals surface area contributed by atoms with E-state index in [9.17, 15) is 4.79 Å². The van der Waals surface area contributed by atoms with E-state index in [0.717, 1.165) is 62.1 Å². The van der Waals surface area contributed by atoms with Crippen LogP contribution in [-0.4, -0.2) is 65.7 Å². The minimum Gasteiger partial charge on any atom is -0.444 e. The summed E-state index contributed by atoms with van der Waals surface area (Å²) in [5, 5.41) is 6.48. The van der Waals surface area contributed by atoms with E-state index in [0.29, 0.717) is 0 Å². The lowest BCUT2D eigenvalue weighted by atomic mass is 10.2. The predicted molar refractivity (Wildman–Crippen MR) is 115 cm³/mol. The number of rotatable bonds is 6. The van der Waals surface area contributed by atoms with Crippen molar-refractivity contribution in [1.29, 1.82) is 0 Å². The zero-order chi connectivity index (χ0) is 20.0. The second-order valence-corrected chi connectivity index (χ2v) is 8.85. The van der Waals surface area contributed by atoms with Gasteiger partial charge in [-0.3, -0.25) is 4.90 Å². The van der Waals surface area contributed by atoms with Crippen LogP contribution < -0.4 is 5.32 Å². The van der Waals surface area contributed by atoms with Gasteiger partial charge in [0.05, 0.1) is 5.69 Å². The summed E-state index contributed by atoms with van der Waals surface area (Å²) in [5.41, 5.74) is 1.73. The Morgan fingerprint density at radius 3 is 2.57 bits per heavy atom. The van der Waals surface area contributed by atoms with E-state index < -0.39 is 5.60 Å². The molecule has 28 heavy (non-hydrogen) atoms. The number of benzene rings is 1. The summed E-state index contributed by atoms with van der Waals surface area (Å²) in [5.74, 6) is 0. The highest BCUT2D eigenvalue weighted by Crippen LogP contribution is 2.24. The molecule has 0 unspecified atom stereocenters. The van der Waals surface area contributed by atoms with Crippen LogP contribution in [0.15, 0.2) is 35.7 Å². The van der Waals surface area contributed by atoms with Crippen molar-refractivity contribution in [2.24, 2.45) is 0 Å². The minimum absolute atomic E-state index is 0.202. The van der Waals surface area contributed by atoms with Gasteiger partial charge in [-0.05, 0) is 33.7 Å². The van der Waals surface area contributed by atoms with E-state index in [1.165, 1.54) is 0 Å². The van der Waals surface area contributed by atoms with Crippen molar-refractivity contribution >= 4 is 22.6 Å². The molecule has 6 nitrogen and oxygen atoms in total. The third-order valence-electron chi connectivity index (χ3n) is 4.53. The predicted octanol–water partition coefficient (Wildman–Crippen LogP) is 4.16. The molecule has 1 aliphatic heterocycles. The summed E-state index contributed by atoms with van der Waals surface area (Å²) >= 11 is 1.64. The van der Waals surface area contributed by atoms with Crippen LogP contribution in [-0.2, 0) is 4.74 Å². The normalized spacial score (nSPS) is 15.5. The van der Waals surface area contributed by atoms with E-state index in [1.807, 2.05) is 39.0 Å². The van der Waals surface area contributed by atoms with Crippen LogP contribution >= 0.6 is 11.3 Å². The van der Waals surface area contributed by atoms with E-state index in [-0.39, 0.29) is 6.09 Å². The molecular formula is C21H30N4O2S. The smallest absolute Gasteiger partial charge is 0.410 e. The Morgan fingerprint density at radius 1 is 1.18 bits per heavy atom. The van der Waals surface area contributed by atoms with Crippen molar-refractivity contribution in [2.75, 3.05) is 44.6 Å². The number of carbonyl (C=O) groups excluding carboxylic acids is 1. The van der Waals surface area contributed by atoms with Gasteiger partial charge in [0.2, 0.25) is 0 Å². The van der Waals surface area contributed by atoms with Gasteiger partial charge in [0.1, 0.15) is 5.60 Å². The third-order valence-corrected chi connectivity index (χ3v) is 5.33. The lowest BCUT2D eigenvalue weighted by Crippen LogP contribution is -2.50. The van der Waals surface area contributed by atoms with E-state index in [1.54, 1.807) is 16.2 Å². The van der Waals surface area contributed by atoms with Crippen molar-refractivity contribution in [3.63, 3.8) is 0 Å². The fourth-order valence-corrected chi connectivity index (χ4v) is 3.82. The van der Waals surface area contributed by atoms with Crippen molar-refractivity contribution in [2.45, 2.75) is 32.8 Å². The maximum Gasteiger partial charge on any atom is 0.410 e. The molecule has 7 heteroatoms. The first-order valence-electron chi connectivity index (χ1n) is 9.86. The van der Waals surface area contributed by atoms with Crippen LogP contribution in [0, 0.1) is 0 Å². The topological polar surface area (TPSA) is 57.7 Å². The number of nitrogens with one attached hydrogen (secondary N) is 1. The Hall–Kier alpha value is -2.12. The van der Waals surface area contributed by atoms with E-state index in [2.05, 4.69) is 32.7 Å². The van der Waals surface area contributed by atoms with Gasteiger partial charge in [-0.25, -0.2) is 9.78 Å². The number of amides is 1. The Bertz CT molecular complexity index is 749. The van der Waals surface area contributed by atoms with Crippen LogP contribution in [0.4, 0.5) is 9.93 Å². The van der Waals surface area contributed by atoms with Crippen LogP contribution in [0.5, 0.6) is 0 Å². The molecule has 152 valence electrons. The second-order valence-electron chi connectivity index (χ2n) is 7.99. The number of piperazine rings is 1.